The number of nitrogens with zero attached hydrogens (tertiary/aromatic N) is 1. The van der Waals surface area contributed by atoms with Crippen molar-refractivity contribution in [2.45, 2.75) is 24.8 Å². The van der Waals surface area contributed by atoms with Gasteiger partial charge in [0.1, 0.15) is 5.52 Å². The number of hydrogen-bond acceptors (Lipinski definition) is 4. The highest BCUT2D eigenvalue weighted by atomic mass is 32.2. The maximum absolute atomic E-state index is 12.9. The van der Waals surface area contributed by atoms with Crippen LogP contribution in [-0.4, -0.2) is 10.9 Å². The second-order valence-electron chi connectivity index (χ2n) is 6.67. The van der Waals surface area contributed by atoms with Crippen LogP contribution in [-0.2, 0) is 5.75 Å². The second-order valence-corrected chi connectivity index (χ2v) is 7.59. The maximum Gasteiger partial charge on any atom is 0.257 e. The zero-order valence-electron chi connectivity index (χ0n) is 15.7. The van der Waals surface area contributed by atoms with Crippen LogP contribution < -0.4 is 5.32 Å². The fourth-order valence-electron chi connectivity index (χ4n) is 2.98. The fourth-order valence-corrected chi connectivity index (χ4v) is 3.82. The van der Waals surface area contributed by atoms with Gasteiger partial charge in [-0.1, -0.05) is 54.2 Å². The van der Waals surface area contributed by atoms with Gasteiger partial charge in [0.2, 0.25) is 0 Å². The molecule has 28 heavy (non-hydrogen) atoms. The Hall–Kier alpha value is -3.05. The minimum atomic E-state index is -0.109. The summed E-state index contributed by atoms with van der Waals surface area (Å²) in [5.74, 6) is 0.492. The molecule has 4 aromatic rings. The molecule has 0 unspecified atom stereocenters. The third-order valence-corrected chi connectivity index (χ3v) is 5.41. The molecule has 140 valence electrons. The summed E-state index contributed by atoms with van der Waals surface area (Å²) in [7, 11) is 0. The molecule has 0 spiro atoms. The third-order valence-electron chi connectivity index (χ3n) is 4.53. The first-order chi connectivity index (χ1) is 13.6. The lowest BCUT2D eigenvalue weighted by atomic mass is 10.1. The number of benzene rings is 3. The van der Waals surface area contributed by atoms with E-state index in [-0.39, 0.29) is 5.91 Å². The number of carbonyl (C=O) groups excluding carboxylic acids is 1. The van der Waals surface area contributed by atoms with Gasteiger partial charge in [-0.3, -0.25) is 4.79 Å². The summed E-state index contributed by atoms with van der Waals surface area (Å²) in [6.07, 6.45) is 0. The van der Waals surface area contributed by atoms with Gasteiger partial charge in [-0.25, -0.2) is 4.98 Å². The molecule has 0 atom stereocenters. The van der Waals surface area contributed by atoms with Crippen LogP contribution in [0.5, 0.6) is 0 Å². The molecule has 0 aliphatic heterocycles. The molecule has 0 aliphatic rings. The molecule has 0 saturated carbocycles. The maximum atomic E-state index is 12.9. The van der Waals surface area contributed by atoms with Gasteiger partial charge in [0.05, 0.1) is 0 Å². The van der Waals surface area contributed by atoms with Gasteiger partial charge in [-0.15, -0.1) is 0 Å². The normalized spacial score (nSPS) is 10.9. The molecule has 1 heterocycles. The van der Waals surface area contributed by atoms with Crippen LogP contribution >= 0.6 is 11.8 Å². The number of fused-ring (bicyclic) bond motifs is 1. The topological polar surface area (TPSA) is 55.1 Å². The molecular formula is C23H20N2O2S. The highest BCUT2D eigenvalue weighted by Gasteiger charge is 2.14. The average Bonchev–Trinajstić information content (AvgIpc) is 3.12. The van der Waals surface area contributed by atoms with Gasteiger partial charge in [-0.2, -0.15) is 0 Å². The molecule has 0 radical (unpaired) electrons. The Kier molecular flexibility index (Phi) is 5.17. The van der Waals surface area contributed by atoms with Crippen LogP contribution in [0.1, 0.15) is 27.0 Å². The minimum Gasteiger partial charge on any atom is -0.431 e. The summed E-state index contributed by atoms with van der Waals surface area (Å²) in [6.45, 7) is 4.00. The number of carbonyl (C=O) groups is 1. The molecule has 4 rings (SSSR count). The zero-order valence-corrected chi connectivity index (χ0v) is 16.5. The van der Waals surface area contributed by atoms with Crippen LogP contribution in [0.3, 0.4) is 0 Å². The number of anilines is 1. The standard InChI is InChI=1S/C23H20N2O2S/c1-15-11-12-16(2)20(13-15)24-22(26)18-8-4-3-7-17(18)14-28-23-25-19-9-5-6-10-21(19)27-23/h3-13H,14H2,1-2H3,(H,24,26). The molecule has 4 nitrogen and oxygen atoms in total. The minimum absolute atomic E-state index is 0.109. The number of aromatic nitrogens is 1. The van der Waals surface area contributed by atoms with Crippen molar-refractivity contribution in [2.24, 2.45) is 0 Å². The van der Waals surface area contributed by atoms with Gasteiger partial charge >= 0.3 is 0 Å². The summed E-state index contributed by atoms with van der Waals surface area (Å²) in [6, 6.07) is 21.4. The van der Waals surface area contributed by atoms with Crippen molar-refractivity contribution < 1.29 is 9.21 Å². The molecule has 3 aromatic carbocycles. The van der Waals surface area contributed by atoms with E-state index in [2.05, 4.69) is 10.3 Å². The van der Waals surface area contributed by atoms with Crippen LogP contribution in [0.25, 0.3) is 11.1 Å². The van der Waals surface area contributed by atoms with Crippen molar-refractivity contribution in [2.75, 3.05) is 5.32 Å². The van der Waals surface area contributed by atoms with Gasteiger partial charge in [0.25, 0.3) is 11.1 Å². The smallest absolute Gasteiger partial charge is 0.257 e. The highest BCUT2D eigenvalue weighted by molar-refractivity contribution is 7.98. The number of nitrogens with one attached hydrogen (secondary N) is 1. The van der Waals surface area contributed by atoms with Crippen molar-refractivity contribution in [1.82, 2.24) is 4.98 Å². The highest BCUT2D eigenvalue weighted by Crippen LogP contribution is 2.28. The Labute approximate surface area is 168 Å². The van der Waals surface area contributed by atoms with Crippen LogP contribution in [0.15, 0.2) is 76.4 Å². The van der Waals surface area contributed by atoms with E-state index in [1.54, 1.807) is 0 Å². The number of para-hydroxylation sites is 2. The SMILES string of the molecule is Cc1ccc(C)c(NC(=O)c2ccccc2CSc2nc3ccccc3o2)c1. The summed E-state index contributed by atoms with van der Waals surface area (Å²) in [4.78, 5) is 17.4. The second kappa shape index (κ2) is 7.90. The summed E-state index contributed by atoms with van der Waals surface area (Å²) >= 11 is 1.48. The fraction of sp³-hybridized carbons (Fsp3) is 0.130. The lowest BCUT2D eigenvalue weighted by Crippen LogP contribution is -2.14. The number of thioether (sulfide) groups is 1. The van der Waals surface area contributed by atoms with Gasteiger partial charge in [0.15, 0.2) is 5.58 Å². The van der Waals surface area contributed by atoms with Crippen LogP contribution in [0.2, 0.25) is 0 Å². The van der Waals surface area contributed by atoms with Crippen molar-refractivity contribution >= 4 is 34.5 Å². The largest absolute Gasteiger partial charge is 0.431 e. The van der Waals surface area contributed by atoms with Gasteiger partial charge < -0.3 is 9.73 Å². The first-order valence-corrected chi connectivity index (χ1v) is 10.0. The Morgan fingerprint density at radius 2 is 1.82 bits per heavy atom. The molecule has 0 aliphatic carbocycles. The number of amides is 1. The Morgan fingerprint density at radius 3 is 2.68 bits per heavy atom. The van der Waals surface area contributed by atoms with Crippen molar-refractivity contribution in [1.29, 1.82) is 0 Å². The molecular weight excluding hydrogens is 368 g/mol. The third kappa shape index (κ3) is 3.94. The number of rotatable bonds is 5. The van der Waals surface area contributed by atoms with Gasteiger partial charge in [-0.05, 0) is 54.8 Å². The van der Waals surface area contributed by atoms with E-state index >= 15 is 0 Å². The number of oxazole rings is 1. The Balaban J connectivity index is 1.52. The Bertz CT molecular complexity index is 1120. The first-order valence-electron chi connectivity index (χ1n) is 9.05. The number of aryl methyl sites for hydroxylation is 2. The zero-order chi connectivity index (χ0) is 19.5. The van der Waals surface area contributed by atoms with Gasteiger partial charge in [0, 0.05) is 17.0 Å². The van der Waals surface area contributed by atoms with E-state index in [1.807, 2.05) is 80.6 Å². The van der Waals surface area contributed by atoms with E-state index in [9.17, 15) is 4.79 Å². The lowest BCUT2D eigenvalue weighted by Gasteiger charge is -2.12. The average molecular weight is 388 g/mol. The molecule has 0 bridgehead atoms. The van der Waals surface area contributed by atoms with Crippen molar-refractivity contribution in [3.63, 3.8) is 0 Å². The molecule has 1 N–H and O–H groups in total. The van der Waals surface area contributed by atoms with E-state index in [0.717, 1.165) is 33.5 Å². The van der Waals surface area contributed by atoms with E-state index in [4.69, 9.17) is 4.42 Å². The van der Waals surface area contributed by atoms with Crippen molar-refractivity contribution in [3.8, 4) is 0 Å². The van der Waals surface area contributed by atoms with E-state index in [1.165, 1.54) is 11.8 Å². The van der Waals surface area contributed by atoms with E-state index < -0.39 is 0 Å². The predicted molar refractivity (Wildman–Crippen MR) is 114 cm³/mol. The molecule has 0 fully saturated rings. The lowest BCUT2D eigenvalue weighted by molar-refractivity contribution is 0.102. The molecule has 0 saturated heterocycles. The first kappa shape index (κ1) is 18.3. The summed E-state index contributed by atoms with van der Waals surface area (Å²) in [5.41, 5.74) is 6.20. The Morgan fingerprint density at radius 1 is 1.04 bits per heavy atom. The predicted octanol–water partition coefficient (Wildman–Crippen LogP) is 5.99. The molecule has 1 aromatic heterocycles. The molecule has 5 heteroatoms. The monoisotopic (exact) mass is 388 g/mol. The summed E-state index contributed by atoms with van der Waals surface area (Å²) in [5, 5.41) is 3.64. The van der Waals surface area contributed by atoms with Crippen LogP contribution in [0.4, 0.5) is 5.69 Å². The van der Waals surface area contributed by atoms with Crippen LogP contribution in [0, 0.1) is 13.8 Å². The van der Waals surface area contributed by atoms with Crippen molar-refractivity contribution in [3.05, 3.63) is 89.0 Å². The number of hydrogen-bond donors (Lipinski definition) is 1. The molecule has 1 amide bonds. The van der Waals surface area contributed by atoms with E-state index in [0.29, 0.717) is 16.5 Å². The summed E-state index contributed by atoms with van der Waals surface area (Å²) < 4.78 is 5.77. The quantitative estimate of drug-likeness (QED) is 0.427.